The molecule has 82 valence electrons. The van der Waals surface area contributed by atoms with Crippen molar-refractivity contribution in [2.75, 3.05) is 19.8 Å². The third kappa shape index (κ3) is 3.64. The van der Waals surface area contributed by atoms with E-state index in [-0.39, 0.29) is 25.2 Å². The summed E-state index contributed by atoms with van der Waals surface area (Å²) < 4.78 is 5.24. The van der Waals surface area contributed by atoms with Crippen molar-refractivity contribution in [3.05, 3.63) is 0 Å². The molecule has 1 aliphatic rings. The fourth-order valence-corrected chi connectivity index (χ4v) is 1.33. The fraction of sp³-hybridized carbons (Fsp3) is 0.900. The van der Waals surface area contributed by atoms with Crippen molar-refractivity contribution in [2.24, 2.45) is 0 Å². The lowest BCUT2D eigenvalue weighted by Gasteiger charge is -2.21. The van der Waals surface area contributed by atoms with Crippen LogP contribution in [0.4, 0.5) is 0 Å². The van der Waals surface area contributed by atoms with E-state index in [9.17, 15) is 4.79 Å². The van der Waals surface area contributed by atoms with Gasteiger partial charge in [-0.1, -0.05) is 0 Å². The second kappa shape index (κ2) is 5.32. The molecule has 4 nitrogen and oxygen atoms in total. The number of aliphatic hydroxyl groups is 1. The Morgan fingerprint density at radius 3 is 2.64 bits per heavy atom. The van der Waals surface area contributed by atoms with Gasteiger partial charge >= 0.3 is 0 Å². The van der Waals surface area contributed by atoms with Crippen molar-refractivity contribution in [2.45, 2.75) is 38.8 Å². The van der Waals surface area contributed by atoms with Gasteiger partial charge in [-0.15, -0.1) is 0 Å². The quantitative estimate of drug-likeness (QED) is 0.676. The van der Waals surface area contributed by atoms with Crippen molar-refractivity contribution in [3.8, 4) is 0 Å². The Morgan fingerprint density at radius 2 is 2.21 bits per heavy atom. The molecular formula is C10H19NO3. The number of ether oxygens (including phenoxy) is 1. The minimum Gasteiger partial charge on any atom is -0.395 e. The first-order valence-corrected chi connectivity index (χ1v) is 5.17. The third-order valence-corrected chi connectivity index (χ3v) is 2.19. The topological polar surface area (TPSA) is 49.8 Å². The Balaban J connectivity index is 2.30. The molecule has 1 aliphatic carbocycles. The van der Waals surface area contributed by atoms with Crippen molar-refractivity contribution in [1.82, 2.24) is 4.90 Å². The van der Waals surface area contributed by atoms with Gasteiger partial charge < -0.3 is 14.7 Å². The monoisotopic (exact) mass is 201 g/mol. The predicted octanol–water partition coefficient (Wildman–Crippen LogP) is 0.395. The molecule has 0 bridgehead atoms. The first-order valence-electron chi connectivity index (χ1n) is 5.17. The lowest BCUT2D eigenvalue weighted by Crippen LogP contribution is -2.38. The largest absolute Gasteiger partial charge is 0.395 e. The highest BCUT2D eigenvalue weighted by Gasteiger charge is 2.31. The Kier molecular flexibility index (Phi) is 4.35. The van der Waals surface area contributed by atoms with E-state index in [4.69, 9.17) is 9.84 Å². The third-order valence-electron chi connectivity index (χ3n) is 2.19. The first kappa shape index (κ1) is 11.5. The van der Waals surface area contributed by atoms with Gasteiger partial charge in [-0.3, -0.25) is 4.79 Å². The minimum atomic E-state index is -0.00440. The molecule has 14 heavy (non-hydrogen) atoms. The molecule has 0 atom stereocenters. The molecule has 4 heteroatoms. The van der Waals surface area contributed by atoms with Crippen molar-refractivity contribution in [3.63, 3.8) is 0 Å². The number of carbonyl (C=O) groups is 1. The predicted molar refractivity (Wildman–Crippen MR) is 52.9 cm³/mol. The van der Waals surface area contributed by atoms with E-state index in [1.54, 1.807) is 4.90 Å². The molecule has 1 amide bonds. The van der Waals surface area contributed by atoms with Crippen LogP contribution in [0.2, 0.25) is 0 Å². The lowest BCUT2D eigenvalue weighted by molar-refractivity contribution is -0.138. The normalized spacial score (nSPS) is 16.0. The summed E-state index contributed by atoms with van der Waals surface area (Å²) in [4.78, 5) is 13.3. The molecule has 1 rings (SSSR count). The summed E-state index contributed by atoms with van der Waals surface area (Å²) in [5.41, 5.74) is 0. The van der Waals surface area contributed by atoms with Crippen LogP contribution in [0.1, 0.15) is 26.7 Å². The highest BCUT2D eigenvalue weighted by atomic mass is 16.5. The van der Waals surface area contributed by atoms with Gasteiger partial charge in [0.1, 0.15) is 6.61 Å². The summed E-state index contributed by atoms with van der Waals surface area (Å²) in [7, 11) is 0. The van der Waals surface area contributed by atoms with Gasteiger partial charge in [0.2, 0.25) is 5.91 Å². The van der Waals surface area contributed by atoms with Gasteiger partial charge in [-0.2, -0.15) is 0 Å². The van der Waals surface area contributed by atoms with E-state index < -0.39 is 0 Å². The van der Waals surface area contributed by atoms with Crippen LogP contribution in [0.3, 0.4) is 0 Å². The second-order valence-electron chi connectivity index (χ2n) is 3.90. The SMILES string of the molecule is CC(C)OCC(=O)N(CCO)C1CC1. The van der Waals surface area contributed by atoms with Gasteiger partial charge in [0.05, 0.1) is 12.7 Å². The summed E-state index contributed by atoms with van der Waals surface area (Å²) in [5.74, 6) is -0.00440. The Hall–Kier alpha value is -0.610. The van der Waals surface area contributed by atoms with Crippen LogP contribution in [0.15, 0.2) is 0 Å². The lowest BCUT2D eigenvalue weighted by atomic mass is 10.4. The zero-order valence-electron chi connectivity index (χ0n) is 8.90. The van der Waals surface area contributed by atoms with E-state index in [2.05, 4.69) is 0 Å². The van der Waals surface area contributed by atoms with Gasteiger partial charge in [0, 0.05) is 12.6 Å². The van der Waals surface area contributed by atoms with Gasteiger partial charge in [-0.05, 0) is 26.7 Å². The zero-order chi connectivity index (χ0) is 10.6. The number of carbonyl (C=O) groups excluding carboxylic acids is 1. The van der Waals surface area contributed by atoms with Crippen LogP contribution in [0.25, 0.3) is 0 Å². The molecule has 1 fully saturated rings. The minimum absolute atomic E-state index is 0.00440. The van der Waals surface area contributed by atoms with Crippen molar-refractivity contribution < 1.29 is 14.6 Å². The highest BCUT2D eigenvalue weighted by molar-refractivity contribution is 5.78. The van der Waals surface area contributed by atoms with Gasteiger partial charge in [0.15, 0.2) is 0 Å². The van der Waals surface area contributed by atoms with Crippen LogP contribution >= 0.6 is 0 Å². The number of aliphatic hydroxyl groups excluding tert-OH is 1. The van der Waals surface area contributed by atoms with Crippen molar-refractivity contribution >= 4 is 5.91 Å². The number of nitrogens with zero attached hydrogens (tertiary/aromatic N) is 1. The van der Waals surface area contributed by atoms with Crippen molar-refractivity contribution in [1.29, 1.82) is 0 Å². The smallest absolute Gasteiger partial charge is 0.248 e. The molecular weight excluding hydrogens is 182 g/mol. The molecule has 0 saturated heterocycles. The molecule has 0 unspecified atom stereocenters. The number of hydrogen-bond acceptors (Lipinski definition) is 3. The summed E-state index contributed by atoms with van der Waals surface area (Å²) in [6.07, 6.45) is 2.20. The van der Waals surface area contributed by atoms with E-state index >= 15 is 0 Å². The fourth-order valence-electron chi connectivity index (χ4n) is 1.33. The molecule has 1 N–H and O–H groups in total. The molecule has 0 aliphatic heterocycles. The molecule has 0 spiro atoms. The maximum Gasteiger partial charge on any atom is 0.248 e. The number of amides is 1. The Bertz CT molecular complexity index is 190. The summed E-state index contributed by atoms with van der Waals surface area (Å²) in [5, 5.41) is 8.80. The molecule has 1 saturated carbocycles. The van der Waals surface area contributed by atoms with E-state index in [0.717, 1.165) is 12.8 Å². The maximum absolute atomic E-state index is 11.6. The number of hydrogen-bond donors (Lipinski definition) is 1. The molecule has 0 aromatic rings. The van der Waals surface area contributed by atoms with Crippen LogP contribution < -0.4 is 0 Å². The van der Waals surface area contributed by atoms with E-state index in [0.29, 0.717) is 12.6 Å². The molecule has 0 aromatic carbocycles. The molecule has 0 aromatic heterocycles. The van der Waals surface area contributed by atoms with Crippen LogP contribution in [0, 0.1) is 0 Å². The summed E-state index contributed by atoms with van der Waals surface area (Å²) >= 11 is 0. The van der Waals surface area contributed by atoms with Gasteiger partial charge in [0.25, 0.3) is 0 Å². The molecule has 0 radical (unpaired) electrons. The van der Waals surface area contributed by atoms with Crippen LogP contribution in [-0.4, -0.2) is 47.8 Å². The van der Waals surface area contributed by atoms with Gasteiger partial charge in [-0.25, -0.2) is 0 Å². The Morgan fingerprint density at radius 1 is 1.57 bits per heavy atom. The zero-order valence-corrected chi connectivity index (χ0v) is 8.90. The Labute approximate surface area is 84.8 Å². The maximum atomic E-state index is 11.6. The standard InChI is InChI=1S/C10H19NO3/c1-8(2)14-7-10(13)11(5-6-12)9-3-4-9/h8-9,12H,3-7H2,1-2H3. The average Bonchev–Trinajstić information content (AvgIpc) is 2.93. The average molecular weight is 201 g/mol. The number of rotatable bonds is 6. The second-order valence-corrected chi connectivity index (χ2v) is 3.90. The van der Waals surface area contributed by atoms with Crippen LogP contribution in [0.5, 0.6) is 0 Å². The molecule has 0 heterocycles. The first-order chi connectivity index (χ1) is 6.65. The van der Waals surface area contributed by atoms with Crippen LogP contribution in [-0.2, 0) is 9.53 Å². The summed E-state index contributed by atoms with van der Waals surface area (Å²) in [6, 6.07) is 0.352. The van der Waals surface area contributed by atoms with E-state index in [1.807, 2.05) is 13.8 Å². The summed E-state index contributed by atoms with van der Waals surface area (Å²) in [6.45, 7) is 4.41. The highest BCUT2D eigenvalue weighted by Crippen LogP contribution is 2.26. The van der Waals surface area contributed by atoms with E-state index in [1.165, 1.54) is 0 Å².